The van der Waals surface area contributed by atoms with Crippen LogP contribution in [0, 0.1) is 6.92 Å². The summed E-state index contributed by atoms with van der Waals surface area (Å²) in [6.07, 6.45) is 2.83. The highest BCUT2D eigenvalue weighted by Crippen LogP contribution is 2.03. The molecule has 1 aromatic rings. The summed E-state index contributed by atoms with van der Waals surface area (Å²) in [5.74, 6) is 0.874. The van der Waals surface area contributed by atoms with Crippen LogP contribution in [-0.2, 0) is 11.2 Å². The van der Waals surface area contributed by atoms with Crippen molar-refractivity contribution in [3.05, 3.63) is 23.8 Å². The van der Waals surface area contributed by atoms with Gasteiger partial charge in [0.1, 0.15) is 5.82 Å². The van der Waals surface area contributed by atoms with E-state index in [4.69, 9.17) is 4.74 Å². The molecule has 4 heteroatoms. The molecule has 0 aromatic carbocycles. The van der Waals surface area contributed by atoms with Gasteiger partial charge in [0.05, 0.1) is 12.7 Å². The first-order chi connectivity index (χ1) is 6.84. The molecule has 0 saturated carbocycles. The number of rotatable bonds is 2. The first kappa shape index (κ1) is 9.55. The zero-order chi connectivity index (χ0) is 9.80. The van der Waals surface area contributed by atoms with Crippen molar-refractivity contribution in [2.24, 2.45) is 0 Å². The van der Waals surface area contributed by atoms with Crippen LogP contribution in [0.3, 0.4) is 0 Å². The van der Waals surface area contributed by atoms with Crippen LogP contribution in [0.5, 0.6) is 0 Å². The van der Waals surface area contributed by atoms with E-state index in [1.165, 1.54) is 0 Å². The smallest absolute Gasteiger partial charge is 0.131 e. The van der Waals surface area contributed by atoms with Gasteiger partial charge in [-0.1, -0.05) is 0 Å². The standard InChI is InChI=1S/C10H15N3O/c1-8-2-3-12-10(13-8)6-9-7-11-4-5-14-9/h2-3,9,11H,4-7H2,1H3. The quantitative estimate of drug-likeness (QED) is 0.734. The molecule has 0 amide bonds. The van der Waals surface area contributed by atoms with Crippen LogP contribution in [0.15, 0.2) is 12.3 Å². The highest BCUT2D eigenvalue weighted by molar-refractivity contribution is 5.00. The molecule has 2 rings (SSSR count). The normalized spacial score (nSPS) is 22.2. The summed E-state index contributed by atoms with van der Waals surface area (Å²) >= 11 is 0. The van der Waals surface area contributed by atoms with E-state index in [9.17, 15) is 0 Å². The zero-order valence-corrected chi connectivity index (χ0v) is 8.36. The Labute approximate surface area is 83.7 Å². The van der Waals surface area contributed by atoms with Gasteiger partial charge < -0.3 is 10.1 Å². The fourth-order valence-corrected chi connectivity index (χ4v) is 1.55. The summed E-state index contributed by atoms with van der Waals surface area (Å²) in [5, 5.41) is 3.29. The van der Waals surface area contributed by atoms with Crippen LogP contribution in [0.25, 0.3) is 0 Å². The number of aromatic nitrogens is 2. The lowest BCUT2D eigenvalue weighted by atomic mass is 10.2. The summed E-state index contributed by atoms with van der Waals surface area (Å²) in [4.78, 5) is 8.56. The molecule has 1 N–H and O–H groups in total. The van der Waals surface area contributed by atoms with Crippen molar-refractivity contribution in [3.8, 4) is 0 Å². The number of hydrogen-bond acceptors (Lipinski definition) is 4. The molecule has 1 fully saturated rings. The van der Waals surface area contributed by atoms with E-state index in [0.717, 1.165) is 37.6 Å². The second-order valence-corrected chi connectivity index (χ2v) is 3.52. The van der Waals surface area contributed by atoms with Gasteiger partial charge in [0.15, 0.2) is 0 Å². The molecule has 2 heterocycles. The molecule has 1 saturated heterocycles. The average Bonchev–Trinajstić information content (AvgIpc) is 2.19. The molecule has 1 aliphatic heterocycles. The largest absolute Gasteiger partial charge is 0.375 e. The van der Waals surface area contributed by atoms with Gasteiger partial charge in [-0.25, -0.2) is 9.97 Å². The minimum atomic E-state index is 0.227. The van der Waals surface area contributed by atoms with E-state index in [-0.39, 0.29) is 6.10 Å². The summed E-state index contributed by atoms with van der Waals surface area (Å²) in [5.41, 5.74) is 1.01. The zero-order valence-electron chi connectivity index (χ0n) is 8.36. The molecular formula is C10H15N3O. The molecule has 1 aromatic heterocycles. The lowest BCUT2D eigenvalue weighted by molar-refractivity contribution is 0.0280. The molecule has 76 valence electrons. The van der Waals surface area contributed by atoms with E-state index in [0.29, 0.717) is 0 Å². The third-order valence-electron chi connectivity index (χ3n) is 2.26. The maximum absolute atomic E-state index is 5.58. The monoisotopic (exact) mass is 193 g/mol. The minimum Gasteiger partial charge on any atom is -0.375 e. The minimum absolute atomic E-state index is 0.227. The number of ether oxygens (including phenoxy) is 1. The van der Waals surface area contributed by atoms with Gasteiger partial charge in [-0.3, -0.25) is 0 Å². The van der Waals surface area contributed by atoms with Crippen LogP contribution in [-0.4, -0.2) is 35.8 Å². The van der Waals surface area contributed by atoms with Crippen LogP contribution < -0.4 is 5.32 Å². The van der Waals surface area contributed by atoms with Gasteiger partial charge in [0, 0.05) is 31.4 Å². The average molecular weight is 193 g/mol. The van der Waals surface area contributed by atoms with Crippen LogP contribution in [0.1, 0.15) is 11.5 Å². The van der Waals surface area contributed by atoms with Gasteiger partial charge in [0.25, 0.3) is 0 Å². The van der Waals surface area contributed by atoms with Crippen molar-refractivity contribution >= 4 is 0 Å². The van der Waals surface area contributed by atoms with Crippen LogP contribution >= 0.6 is 0 Å². The van der Waals surface area contributed by atoms with Gasteiger partial charge in [-0.15, -0.1) is 0 Å². The highest BCUT2D eigenvalue weighted by atomic mass is 16.5. The van der Waals surface area contributed by atoms with E-state index in [1.54, 1.807) is 6.20 Å². The van der Waals surface area contributed by atoms with Gasteiger partial charge in [0.2, 0.25) is 0 Å². The number of hydrogen-bond donors (Lipinski definition) is 1. The first-order valence-corrected chi connectivity index (χ1v) is 4.95. The lowest BCUT2D eigenvalue weighted by Crippen LogP contribution is -2.39. The highest BCUT2D eigenvalue weighted by Gasteiger charge is 2.14. The van der Waals surface area contributed by atoms with E-state index < -0.39 is 0 Å². The molecule has 0 spiro atoms. The maximum atomic E-state index is 5.58. The third kappa shape index (κ3) is 2.49. The van der Waals surface area contributed by atoms with E-state index >= 15 is 0 Å². The molecule has 1 atom stereocenters. The number of nitrogens with zero attached hydrogens (tertiary/aromatic N) is 2. The predicted octanol–water partition coefficient (Wildman–Crippen LogP) is 0.316. The molecule has 1 unspecified atom stereocenters. The Kier molecular flexibility index (Phi) is 3.06. The van der Waals surface area contributed by atoms with Gasteiger partial charge in [-0.05, 0) is 13.0 Å². The number of nitrogens with one attached hydrogen (secondary N) is 1. The third-order valence-corrected chi connectivity index (χ3v) is 2.26. The van der Waals surface area contributed by atoms with Crippen molar-refractivity contribution in [3.63, 3.8) is 0 Å². The molecule has 4 nitrogen and oxygen atoms in total. The van der Waals surface area contributed by atoms with Crippen LogP contribution in [0.2, 0.25) is 0 Å². The summed E-state index contributed by atoms with van der Waals surface area (Å²) in [7, 11) is 0. The Bertz CT molecular complexity index is 297. The lowest BCUT2D eigenvalue weighted by Gasteiger charge is -2.22. The molecule has 0 bridgehead atoms. The number of morpholine rings is 1. The first-order valence-electron chi connectivity index (χ1n) is 4.95. The Morgan fingerprint density at radius 2 is 2.57 bits per heavy atom. The van der Waals surface area contributed by atoms with Crippen molar-refractivity contribution in [2.75, 3.05) is 19.7 Å². The fourth-order valence-electron chi connectivity index (χ4n) is 1.55. The second-order valence-electron chi connectivity index (χ2n) is 3.52. The Hall–Kier alpha value is -1.00. The maximum Gasteiger partial charge on any atom is 0.131 e. The topological polar surface area (TPSA) is 47.0 Å². The molecule has 1 aliphatic rings. The van der Waals surface area contributed by atoms with Crippen LogP contribution in [0.4, 0.5) is 0 Å². The van der Waals surface area contributed by atoms with Crippen molar-refractivity contribution < 1.29 is 4.74 Å². The van der Waals surface area contributed by atoms with E-state index in [1.807, 2.05) is 13.0 Å². The number of aryl methyl sites for hydroxylation is 1. The fraction of sp³-hybridized carbons (Fsp3) is 0.600. The van der Waals surface area contributed by atoms with Gasteiger partial charge in [-0.2, -0.15) is 0 Å². The van der Waals surface area contributed by atoms with Crippen molar-refractivity contribution in [1.29, 1.82) is 0 Å². The molecule has 14 heavy (non-hydrogen) atoms. The molecular weight excluding hydrogens is 178 g/mol. The molecule has 0 aliphatic carbocycles. The van der Waals surface area contributed by atoms with E-state index in [2.05, 4.69) is 15.3 Å². The Morgan fingerprint density at radius 1 is 1.64 bits per heavy atom. The Morgan fingerprint density at radius 3 is 3.29 bits per heavy atom. The SMILES string of the molecule is Cc1ccnc(CC2CNCCO2)n1. The predicted molar refractivity (Wildman–Crippen MR) is 53.1 cm³/mol. The summed E-state index contributed by atoms with van der Waals surface area (Å²) < 4.78 is 5.58. The second kappa shape index (κ2) is 4.48. The summed E-state index contributed by atoms with van der Waals surface area (Å²) in [6, 6.07) is 1.91. The summed E-state index contributed by atoms with van der Waals surface area (Å²) in [6.45, 7) is 4.62. The Balaban J connectivity index is 1.95. The molecule has 0 radical (unpaired) electrons. The van der Waals surface area contributed by atoms with Crippen molar-refractivity contribution in [2.45, 2.75) is 19.4 Å². The van der Waals surface area contributed by atoms with Crippen molar-refractivity contribution in [1.82, 2.24) is 15.3 Å². The van der Waals surface area contributed by atoms with Gasteiger partial charge >= 0.3 is 0 Å².